The second kappa shape index (κ2) is 6.65. The average molecular weight is 329 g/mol. The Balaban J connectivity index is 1.77. The fraction of sp³-hybridized carbons (Fsp3) is 0.444. The standard InChI is InChI=1S/C18H23N3O3/c1-11-17(12(2)24-20-11)15-7-13(8-16(22)9-15)10-21-5-3-14(4-6-21)18(19)23/h7-9,14,22H,3-6,10H2,1-2H3,(H2,19,23). The third kappa shape index (κ3) is 3.43. The molecule has 24 heavy (non-hydrogen) atoms. The van der Waals surface area contributed by atoms with E-state index in [1.165, 1.54) is 0 Å². The number of carbonyl (C=O) groups is 1. The summed E-state index contributed by atoms with van der Waals surface area (Å²) in [4.78, 5) is 13.5. The van der Waals surface area contributed by atoms with Gasteiger partial charge in [-0.2, -0.15) is 0 Å². The average Bonchev–Trinajstić information content (AvgIpc) is 2.86. The molecule has 2 heterocycles. The summed E-state index contributed by atoms with van der Waals surface area (Å²) in [6, 6.07) is 5.57. The van der Waals surface area contributed by atoms with Crippen LogP contribution in [0, 0.1) is 19.8 Å². The molecule has 128 valence electrons. The van der Waals surface area contributed by atoms with Crippen LogP contribution in [-0.4, -0.2) is 34.2 Å². The van der Waals surface area contributed by atoms with E-state index in [-0.39, 0.29) is 17.6 Å². The first kappa shape index (κ1) is 16.5. The van der Waals surface area contributed by atoms with E-state index in [4.69, 9.17) is 10.3 Å². The zero-order valence-electron chi connectivity index (χ0n) is 14.1. The van der Waals surface area contributed by atoms with Gasteiger partial charge in [0.25, 0.3) is 0 Å². The number of hydrogen-bond donors (Lipinski definition) is 2. The number of benzene rings is 1. The van der Waals surface area contributed by atoms with Gasteiger partial charge in [-0.25, -0.2) is 0 Å². The van der Waals surface area contributed by atoms with E-state index in [1.807, 2.05) is 13.8 Å². The minimum absolute atomic E-state index is 0.0108. The van der Waals surface area contributed by atoms with Crippen molar-refractivity contribution in [1.82, 2.24) is 10.1 Å². The molecule has 0 radical (unpaired) electrons. The van der Waals surface area contributed by atoms with Gasteiger partial charge in [-0.1, -0.05) is 5.16 Å². The van der Waals surface area contributed by atoms with Gasteiger partial charge in [0.15, 0.2) is 0 Å². The Morgan fingerprint density at radius 3 is 2.62 bits per heavy atom. The predicted octanol–water partition coefficient (Wildman–Crippen LogP) is 2.36. The number of phenolic OH excluding ortho intramolecular Hbond substituents is 1. The lowest BCUT2D eigenvalue weighted by Crippen LogP contribution is -2.38. The number of primary amides is 1. The number of aromatic hydroxyl groups is 1. The number of amides is 1. The van der Waals surface area contributed by atoms with Crippen LogP contribution in [0.1, 0.15) is 29.9 Å². The van der Waals surface area contributed by atoms with Crippen molar-refractivity contribution in [1.29, 1.82) is 0 Å². The van der Waals surface area contributed by atoms with Crippen molar-refractivity contribution < 1.29 is 14.4 Å². The van der Waals surface area contributed by atoms with Gasteiger partial charge >= 0.3 is 0 Å². The Morgan fingerprint density at radius 2 is 2.04 bits per heavy atom. The molecule has 1 aromatic carbocycles. The largest absolute Gasteiger partial charge is 0.508 e. The minimum atomic E-state index is -0.201. The van der Waals surface area contributed by atoms with Crippen molar-refractivity contribution in [3.63, 3.8) is 0 Å². The molecule has 2 aromatic rings. The zero-order chi connectivity index (χ0) is 17.3. The second-order valence-corrected chi connectivity index (χ2v) is 6.54. The normalized spacial score (nSPS) is 16.4. The molecule has 0 spiro atoms. The fourth-order valence-corrected chi connectivity index (χ4v) is 3.44. The monoisotopic (exact) mass is 329 g/mol. The highest BCUT2D eigenvalue weighted by molar-refractivity contribution is 5.76. The summed E-state index contributed by atoms with van der Waals surface area (Å²) < 4.78 is 5.23. The summed E-state index contributed by atoms with van der Waals surface area (Å²) in [6.45, 7) is 6.17. The van der Waals surface area contributed by atoms with E-state index in [0.29, 0.717) is 0 Å². The molecular formula is C18H23N3O3. The van der Waals surface area contributed by atoms with Gasteiger partial charge in [0.1, 0.15) is 11.5 Å². The van der Waals surface area contributed by atoms with Crippen molar-refractivity contribution in [2.45, 2.75) is 33.2 Å². The number of aryl methyl sites for hydroxylation is 2. The lowest BCUT2D eigenvalue weighted by Gasteiger charge is -2.30. The Labute approximate surface area is 141 Å². The highest BCUT2D eigenvalue weighted by Gasteiger charge is 2.23. The summed E-state index contributed by atoms with van der Waals surface area (Å²) in [6.07, 6.45) is 1.59. The number of piperidine rings is 1. The molecule has 0 saturated carbocycles. The van der Waals surface area contributed by atoms with Gasteiger partial charge < -0.3 is 15.4 Å². The molecule has 1 amide bonds. The molecule has 6 heteroatoms. The van der Waals surface area contributed by atoms with E-state index < -0.39 is 0 Å². The third-order valence-electron chi connectivity index (χ3n) is 4.70. The molecule has 1 saturated heterocycles. The third-order valence-corrected chi connectivity index (χ3v) is 4.70. The molecule has 0 bridgehead atoms. The molecule has 6 nitrogen and oxygen atoms in total. The number of aromatic nitrogens is 1. The SMILES string of the molecule is Cc1noc(C)c1-c1cc(O)cc(CN2CCC(C(N)=O)CC2)c1. The van der Waals surface area contributed by atoms with Crippen LogP contribution in [0.15, 0.2) is 22.7 Å². The second-order valence-electron chi connectivity index (χ2n) is 6.54. The molecule has 0 atom stereocenters. The lowest BCUT2D eigenvalue weighted by molar-refractivity contribution is -0.123. The molecule has 1 aliphatic heterocycles. The van der Waals surface area contributed by atoms with Crippen LogP contribution in [0.25, 0.3) is 11.1 Å². The minimum Gasteiger partial charge on any atom is -0.508 e. The van der Waals surface area contributed by atoms with Crippen LogP contribution >= 0.6 is 0 Å². The molecule has 0 aliphatic carbocycles. The molecule has 1 aliphatic rings. The summed E-state index contributed by atoms with van der Waals surface area (Å²) in [5.41, 5.74) is 9.06. The molecule has 3 rings (SSSR count). The number of hydrogen-bond acceptors (Lipinski definition) is 5. The fourth-order valence-electron chi connectivity index (χ4n) is 3.44. The van der Waals surface area contributed by atoms with Gasteiger partial charge in [-0.05, 0) is 69.1 Å². The van der Waals surface area contributed by atoms with Gasteiger partial charge in [-0.15, -0.1) is 0 Å². The molecule has 3 N–H and O–H groups in total. The van der Waals surface area contributed by atoms with Crippen molar-refractivity contribution in [3.05, 3.63) is 35.2 Å². The van der Waals surface area contributed by atoms with Crippen LogP contribution in [0.2, 0.25) is 0 Å². The first-order valence-electron chi connectivity index (χ1n) is 8.22. The zero-order valence-corrected chi connectivity index (χ0v) is 14.1. The van der Waals surface area contributed by atoms with Gasteiger partial charge in [0.05, 0.1) is 5.69 Å². The van der Waals surface area contributed by atoms with Crippen LogP contribution in [0.3, 0.4) is 0 Å². The summed E-state index contributed by atoms with van der Waals surface area (Å²) in [5.74, 6) is 0.761. The van der Waals surface area contributed by atoms with Crippen LogP contribution in [-0.2, 0) is 11.3 Å². The number of carbonyl (C=O) groups excluding carboxylic acids is 1. The summed E-state index contributed by atoms with van der Waals surface area (Å²) in [7, 11) is 0. The van der Waals surface area contributed by atoms with Gasteiger partial charge in [0, 0.05) is 18.0 Å². The van der Waals surface area contributed by atoms with Crippen molar-refractivity contribution in [2.24, 2.45) is 11.7 Å². The maximum atomic E-state index is 11.3. The summed E-state index contributed by atoms with van der Waals surface area (Å²) >= 11 is 0. The quantitative estimate of drug-likeness (QED) is 0.898. The first-order chi connectivity index (χ1) is 11.4. The van der Waals surface area contributed by atoms with E-state index in [2.05, 4.69) is 16.1 Å². The number of nitrogens with two attached hydrogens (primary N) is 1. The van der Waals surface area contributed by atoms with Gasteiger partial charge in [0.2, 0.25) is 5.91 Å². The van der Waals surface area contributed by atoms with Crippen LogP contribution in [0.4, 0.5) is 0 Å². The predicted molar refractivity (Wildman–Crippen MR) is 90.3 cm³/mol. The topological polar surface area (TPSA) is 92.6 Å². The molecule has 1 aromatic heterocycles. The Kier molecular flexibility index (Phi) is 4.57. The van der Waals surface area contributed by atoms with E-state index in [0.717, 1.165) is 60.6 Å². The summed E-state index contributed by atoms with van der Waals surface area (Å²) in [5, 5.41) is 14.1. The number of likely N-dealkylation sites (tertiary alicyclic amines) is 1. The Morgan fingerprint density at radius 1 is 1.33 bits per heavy atom. The van der Waals surface area contributed by atoms with E-state index in [1.54, 1.807) is 12.1 Å². The number of nitrogens with zero attached hydrogens (tertiary/aromatic N) is 2. The number of rotatable bonds is 4. The Hall–Kier alpha value is -2.34. The van der Waals surface area contributed by atoms with Gasteiger partial charge in [-0.3, -0.25) is 9.69 Å². The first-order valence-corrected chi connectivity index (χ1v) is 8.22. The molecule has 0 unspecified atom stereocenters. The van der Waals surface area contributed by atoms with E-state index >= 15 is 0 Å². The highest BCUT2D eigenvalue weighted by atomic mass is 16.5. The smallest absolute Gasteiger partial charge is 0.220 e. The van der Waals surface area contributed by atoms with Crippen LogP contribution < -0.4 is 5.73 Å². The Bertz CT molecular complexity index is 726. The molecule has 1 fully saturated rings. The van der Waals surface area contributed by atoms with Crippen LogP contribution in [0.5, 0.6) is 5.75 Å². The lowest BCUT2D eigenvalue weighted by atomic mass is 9.95. The maximum Gasteiger partial charge on any atom is 0.220 e. The molecular weight excluding hydrogens is 306 g/mol. The van der Waals surface area contributed by atoms with Crippen molar-refractivity contribution in [3.8, 4) is 16.9 Å². The number of phenols is 1. The van der Waals surface area contributed by atoms with Crippen molar-refractivity contribution >= 4 is 5.91 Å². The van der Waals surface area contributed by atoms with E-state index in [9.17, 15) is 9.90 Å². The van der Waals surface area contributed by atoms with Crippen molar-refractivity contribution in [2.75, 3.05) is 13.1 Å². The highest BCUT2D eigenvalue weighted by Crippen LogP contribution is 2.31. The maximum absolute atomic E-state index is 11.3.